The molecule has 1 saturated heterocycles. The first-order valence-corrected chi connectivity index (χ1v) is 7.71. The van der Waals surface area contributed by atoms with Gasteiger partial charge in [-0.3, -0.25) is 0 Å². The highest BCUT2D eigenvalue weighted by Gasteiger charge is 2.34. The van der Waals surface area contributed by atoms with Crippen LogP contribution in [0, 0.1) is 5.92 Å². The molecule has 19 heavy (non-hydrogen) atoms. The summed E-state index contributed by atoms with van der Waals surface area (Å²) in [5, 5.41) is 12.4. The summed E-state index contributed by atoms with van der Waals surface area (Å²) in [5.74, 6) is 0.535. The summed E-state index contributed by atoms with van der Waals surface area (Å²) < 4.78 is 26.3. The summed E-state index contributed by atoms with van der Waals surface area (Å²) in [6.07, 6.45) is 1.69. The highest BCUT2D eigenvalue weighted by molar-refractivity contribution is 7.89. The van der Waals surface area contributed by atoms with E-state index < -0.39 is 16.1 Å². The van der Waals surface area contributed by atoms with Crippen LogP contribution in [0.2, 0.25) is 0 Å². The van der Waals surface area contributed by atoms with Gasteiger partial charge in [0.05, 0.1) is 11.0 Å². The quantitative estimate of drug-likeness (QED) is 0.842. The molecule has 1 aliphatic heterocycles. The molecule has 1 aliphatic rings. The number of hydrogen-bond donors (Lipinski definition) is 2. The van der Waals surface area contributed by atoms with E-state index in [1.165, 1.54) is 22.6 Å². The number of nitrogens with zero attached hydrogens (tertiary/aromatic N) is 2. The Kier molecular flexibility index (Phi) is 4.07. The van der Waals surface area contributed by atoms with Crippen molar-refractivity contribution >= 4 is 15.8 Å². The molecule has 0 aliphatic carbocycles. The Hall–Kier alpha value is -1.18. The van der Waals surface area contributed by atoms with Gasteiger partial charge in [0.1, 0.15) is 5.82 Å². The van der Waals surface area contributed by atoms with E-state index in [1.54, 1.807) is 14.0 Å². The van der Waals surface area contributed by atoms with E-state index >= 15 is 0 Å². The molecule has 1 fully saturated rings. The van der Waals surface area contributed by atoms with Gasteiger partial charge in [0.2, 0.25) is 10.0 Å². The second-order valence-corrected chi connectivity index (χ2v) is 6.72. The minimum Gasteiger partial charge on any atom is -0.393 e. The number of aromatic nitrogens is 1. The smallest absolute Gasteiger partial charge is 0.243 e. The van der Waals surface area contributed by atoms with Crippen molar-refractivity contribution in [1.29, 1.82) is 0 Å². The molecule has 0 amide bonds. The molecule has 2 atom stereocenters. The molecule has 2 rings (SSSR count). The SMILES string of the molecule is CNc1cc(S(=O)(=O)N2CCC(C(C)O)C2)ccn1. The Morgan fingerprint density at radius 1 is 1.58 bits per heavy atom. The molecule has 2 unspecified atom stereocenters. The number of nitrogens with one attached hydrogen (secondary N) is 1. The van der Waals surface area contributed by atoms with Crippen molar-refractivity contribution in [2.24, 2.45) is 5.92 Å². The predicted octanol–water partition coefficient (Wildman–Crippen LogP) is 0.515. The largest absolute Gasteiger partial charge is 0.393 e. The van der Waals surface area contributed by atoms with Crippen molar-refractivity contribution in [3.63, 3.8) is 0 Å². The van der Waals surface area contributed by atoms with Gasteiger partial charge in [0.15, 0.2) is 0 Å². The molecule has 6 nitrogen and oxygen atoms in total. The van der Waals surface area contributed by atoms with E-state index in [-0.39, 0.29) is 10.8 Å². The van der Waals surface area contributed by atoms with Crippen LogP contribution in [0.25, 0.3) is 0 Å². The Labute approximate surface area is 113 Å². The maximum Gasteiger partial charge on any atom is 0.243 e. The Morgan fingerprint density at radius 3 is 2.89 bits per heavy atom. The maximum atomic E-state index is 12.5. The molecule has 0 saturated carbocycles. The van der Waals surface area contributed by atoms with Crippen LogP contribution in [0.1, 0.15) is 13.3 Å². The third-order valence-corrected chi connectivity index (χ3v) is 5.36. The van der Waals surface area contributed by atoms with Crippen molar-refractivity contribution in [2.75, 3.05) is 25.5 Å². The highest BCUT2D eigenvalue weighted by atomic mass is 32.2. The summed E-state index contributed by atoms with van der Waals surface area (Å²) in [6.45, 7) is 2.53. The van der Waals surface area contributed by atoms with Crippen molar-refractivity contribution < 1.29 is 13.5 Å². The molecule has 0 spiro atoms. The van der Waals surface area contributed by atoms with Crippen LogP contribution in [0.15, 0.2) is 23.2 Å². The monoisotopic (exact) mass is 285 g/mol. The van der Waals surface area contributed by atoms with Crippen molar-refractivity contribution in [3.8, 4) is 0 Å². The fourth-order valence-corrected chi connectivity index (χ4v) is 3.75. The number of anilines is 1. The number of aliphatic hydroxyl groups is 1. The zero-order chi connectivity index (χ0) is 14.0. The zero-order valence-corrected chi connectivity index (χ0v) is 11.9. The second kappa shape index (κ2) is 5.44. The molecular formula is C12H19N3O3S. The van der Waals surface area contributed by atoms with E-state index in [2.05, 4.69) is 10.3 Å². The van der Waals surface area contributed by atoms with Gasteiger partial charge >= 0.3 is 0 Å². The molecule has 1 aromatic rings. The first-order valence-electron chi connectivity index (χ1n) is 6.27. The average molecular weight is 285 g/mol. The Bertz CT molecular complexity index is 545. The van der Waals surface area contributed by atoms with Crippen LogP contribution >= 0.6 is 0 Å². The molecule has 7 heteroatoms. The maximum absolute atomic E-state index is 12.5. The Balaban J connectivity index is 2.23. The first-order chi connectivity index (χ1) is 8.95. The van der Waals surface area contributed by atoms with E-state index in [1.807, 2.05) is 0 Å². The van der Waals surface area contributed by atoms with E-state index in [4.69, 9.17) is 0 Å². The molecular weight excluding hydrogens is 266 g/mol. The third-order valence-electron chi connectivity index (χ3n) is 3.49. The minimum absolute atomic E-state index is 0.0142. The molecule has 0 aromatic carbocycles. The number of hydrogen-bond acceptors (Lipinski definition) is 5. The van der Waals surface area contributed by atoms with Gasteiger partial charge in [0, 0.05) is 32.4 Å². The minimum atomic E-state index is -3.50. The topological polar surface area (TPSA) is 82.5 Å². The molecule has 0 radical (unpaired) electrons. The van der Waals surface area contributed by atoms with Crippen molar-refractivity contribution in [3.05, 3.63) is 18.3 Å². The molecule has 106 valence electrons. The standard InChI is InChI=1S/C12H19N3O3S/c1-9(16)10-4-6-15(8-10)19(17,18)11-3-5-14-12(7-11)13-2/h3,5,7,9-10,16H,4,6,8H2,1-2H3,(H,13,14). The lowest BCUT2D eigenvalue weighted by molar-refractivity contribution is 0.133. The summed E-state index contributed by atoms with van der Waals surface area (Å²) in [7, 11) is -1.80. The van der Waals surface area contributed by atoms with Crippen LogP contribution in [-0.2, 0) is 10.0 Å². The number of aliphatic hydroxyl groups excluding tert-OH is 1. The second-order valence-electron chi connectivity index (χ2n) is 4.78. The van der Waals surface area contributed by atoms with Crippen LogP contribution < -0.4 is 5.32 Å². The lowest BCUT2D eigenvalue weighted by atomic mass is 10.0. The van der Waals surface area contributed by atoms with Crippen molar-refractivity contribution in [2.45, 2.75) is 24.3 Å². The number of rotatable bonds is 4. The lowest BCUT2D eigenvalue weighted by Crippen LogP contribution is -2.30. The van der Waals surface area contributed by atoms with E-state index in [0.29, 0.717) is 25.3 Å². The van der Waals surface area contributed by atoms with Crippen LogP contribution in [0.4, 0.5) is 5.82 Å². The van der Waals surface area contributed by atoms with Gasteiger partial charge in [-0.25, -0.2) is 13.4 Å². The normalized spacial score (nSPS) is 22.4. The first kappa shape index (κ1) is 14.2. The molecule has 0 bridgehead atoms. The molecule has 2 N–H and O–H groups in total. The Morgan fingerprint density at radius 2 is 2.32 bits per heavy atom. The molecule has 1 aromatic heterocycles. The number of sulfonamides is 1. The fourth-order valence-electron chi connectivity index (χ4n) is 2.22. The van der Waals surface area contributed by atoms with Gasteiger partial charge < -0.3 is 10.4 Å². The van der Waals surface area contributed by atoms with Crippen LogP contribution in [0.3, 0.4) is 0 Å². The van der Waals surface area contributed by atoms with E-state index in [0.717, 1.165) is 0 Å². The number of pyridine rings is 1. The fraction of sp³-hybridized carbons (Fsp3) is 0.583. The van der Waals surface area contributed by atoms with Gasteiger partial charge in [-0.2, -0.15) is 4.31 Å². The van der Waals surface area contributed by atoms with Crippen LogP contribution in [0.5, 0.6) is 0 Å². The average Bonchev–Trinajstić information content (AvgIpc) is 2.89. The van der Waals surface area contributed by atoms with Gasteiger partial charge in [-0.1, -0.05) is 0 Å². The zero-order valence-electron chi connectivity index (χ0n) is 11.1. The van der Waals surface area contributed by atoms with Gasteiger partial charge in [0.25, 0.3) is 0 Å². The lowest BCUT2D eigenvalue weighted by Gasteiger charge is -2.18. The van der Waals surface area contributed by atoms with Gasteiger partial charge in [-0.05, 0) is 25.3 Å². The summed E-state index contributed by atoms with van der Waals surface area (Å²) >= 11 is 0. The van der Waals surface area contributed by atoms with Gasteiger partial charge in [-0.15, -0.1) is 0 Å². The van der Waals surface area contributed by atoms with E-state index in [9.17, 15) is 13.5 Å². The predicted molar refractivity (Wildman–Crippen MR) is 72.3 cm³/mol. The highest BCUT2D eigenvalue weighted by Crippen LogP contribution is 2.26. The summed E-state index contributed by atoms with van der Waals surface area (Å²) in [4.78, 5) is 4.24. The third kappa shape index (κ3) is 2.88. The summed E-state index contributed by atoms with van der Waals surface area (Å²) in [5.41, 5.74) is 0. The van der Waals surface area contributed by atoms with Crippen molar-refractivity contribution in [1.82, 2.24) is 9.29 Å². The van der Waals surface area contributed by atoms with Crippen LogP contribution in [-0.4, -0.2) is 49.1 Å². The summed E-state index contributed by atoms with van der Waals surface area (Å²) in [6, 6.07) is 3.01. The molecule has 2 heterocycles.